The molecule has 8 heteroatoms. The van der Waals surface area contributed by atoms with E-state index in [4.69, 9.17) is 14.9 Å². The first-order valence-electron chi connectivity index (χ1n) is 9.91. The average Bonchev–Trinajstić information content (AvgIpc) is 2.80. The molecule has 0 bridgehead atoms. The van der Waals surface area contributed by atoms with Crippen molar-refractivity contribution in [3.63, 3.8) is 0 Å². The fraction of sp³-hybridized carbons (Fsp3) is 0.304. The zero-order valence-electron chi connectivity index (χ0n) is 19.2. The van der Waals surface area contributed by atoms with Gasteiger partial charge in [-0.3, -0.25) is 5.43 Å². The lowest BCUT2D eigenvalue weighted by molar-refractivity contribution is 0.336. The molecule has 0 fully saturated rings. The summed E-state index contributed by atoms with van der Waals surface area (Å²) in [4.78, 5) is 8.34. The monoisotopic (exact) mass is 426 g/mol. The second-order valence-electron chi connectivity index (χ2n) is 5.68. The van der Waals surface area contributed by atoms with Crippen LogP contribution < -0.4 is 15.5 Å². The van der Waals surface area contributed by atoms with Crippen molar-refractivity contribution >= 4 is 24.1 Å². The first kappa shape index (κ1) is 27.3. The molecule has 0 aliphatic carbocycles. The quantitative estimate of drug-likeness (QED) is 0.223. The zero-order chi connectivity index (χ0) is 23.5. The molecular weight excluding hydrogens is 392 g/mol. The van der Waals surface area contributed by atoms with Crippen molar-refractivity contribution in [3.05, 3.63) is 66.7 Å². The lowest BCUT2D eigenvalue weighted by Gasteiger charge is -2.13. The van der Waals surface area contributed by atoms with Crippen LogP contribution in [0.5, 0.6) is 5.75 Å². The highest BCUT2D eigenvalue weighted by Crippen LogP contribution is 2.18. The molecule has 2 aromatic rings. The summed E-state index contributed by atoms with van der Waals surface area (Å²) in [7, 11) is 3.20. The van der Waals surface area contributed by atoms with Gasteiger partial charge in [0.25, 0.3) is 0 Å². The zero-order valence-corrected chi connectivity index (χ0v) is 19.2. The van der Waals surface area contributed by atoms with Crippen molar-refractivity contribution in [2.24, 2.45) is 5.10 Å². The third-order valence-electron chi connectivity index (χ3n) is 3.40. The van der Waals surface area contributed by atoms with E-state index in [1.165, 1.54) is 12.5 Å². The molecule has 31 heavy (non-hydrogen) atoms. The summed E-state index contributed by atoms with van der Waals surface area (Å²) in [6.07, 6.45) is 9.42. The van der Waals surface area contributed by atoms with Crippen molar-refractivity contribution in [3.8, 4) is 5.75 Å². The van der Waals surface area contributed by atoms with E-state index in [2.05, 4.69) is 32.4 Å². The number of aromatic nitrogens is 2. The molecule has 0 saturated heterocycles. The van der Waals surface area contributed by atoms with Crippen LogP contribution in [0, 0.1) is 5.41 Å². The molecule has 0 aliphatic heterocycles. The predicted molar refractivity (Wildman–Crippen MR) is 131 cm³/mol. The standard InChI is InChI=1S/C18H22N6O2.C3H6.C2H6/c1-13(8-9-25-2)23-17-16(10-19)18(21-12-20-17)24-22-11-14-4-6-15(26-3)7-5-14;1-3-2;1-2/h4-13,19H,1-3H3,(H2,20,21,23,24);3H,1H2,2H3;1-2H3/b9-8+,19-10?,22-11+;;. The highest BCUT2D eigenvalue weighted by atomic mass is 16.5. The highest BCUT2D eigenvalue weighted by molar-refractivity contribution is 5.91. The summed E-state index contributed by atoms with van der Waals surface area (Å²) < 4.78 is 10.0. The molecular formula is C23H34N6O2. The Morgan fingerprint density at radius 1 is 1.13 bits per heavy atom. The minimum atomic E-state index is -0.0285. The molecule has 0 aliphatic rings. The van der Waals surface area contributed by atoms with Gasteiger partial charge in [-0.2, -0.15) is 5.10 Å². The van der Waals surface area contributed by atoms with Gasteiger partial charge in [-0.05, 0) is 49.8 Å². The minimum Gasteiger partial charge on any atom is -0.505 e. The number of hydrazone groups is 1. The van der Waals surface area contributed by atoms with Crippen LogP contribution in [0.1, 0.15) is 38.8 Å². The van der Waals surface area contributed by atoms with Crippen LogP contribution in [-0.4, -0.2) is 42.7 Å². The fourth-order valence-corrected chi connectivity index (χ4v) is 2.05. The number of anilines is 2. The maximum Gasteiger partial charge on any atom is 0.160 e. The number of nitrogens with zero attached hydrogens (tertiary/aromatic N) is 3. The number of methoxy groups -OCH3 is 2. The molecule has 2 rings (SSSR count). The van der Waals surface area contributed by atoms with Crippen molar-refractivity contribution < 1.29 is 9.47 Å². The Morgan fingerprint density at radius 3 is 2.29 bits per heavy atom. The Labute approximate surface area is 185 Å². The number of rotatable bonds is 9. The lowest BCUT2D eigenvalue weighted by Crippen LogP contribution is -2.16. The number of ether oxygens (including phenoxy) is 2. The molecule has 1 atom stereocenters. The summed E-state index contributed by atoms with van der Waals surface area (Å²) in [5.74, 6) is 1.75. The molecule has 1 aromatic heterocycles. The Balaban J connectivity index is 0.00000165. The second kappa shape index (κ2) is 17.2. The van der Waals surface area contributed by atoms with Crippen LogP contribution in [-0.2, 0) is 4.74 Å². The van der Waals surface area contributed by atoms with Gasteiger partial charge in [0.15, 0.2) is 5.82 Å². The minimum absolute atomic E-state index is 0.0285. The van der Waals surface area contributed by atoms with Gasteiger partial charge in [0.05, 0.1) is 32.3 Å². The number of benzene rings is 1. The molecule has 0 amide bonds. The van der Waals surface area contributed by atoms with E-state index in [0.29, 0.717) is 17.2 Å². The smallest absolute Gasteiger partial charge is 0.160 e. The first-order valence-corrected chi connectivity index (χ1v) is 9.91. The van der Waals surface area contributed by atoms with E-state index in [1.54, 1.807) is 32.8 Å². The van der Waals surface area contributed by atoms with Gasteiger partial charge >= 0.3 is 0 Å². The van der Waals surface area contributed by atoms with E-state index in [1.807, 2.05) is 58.0 Å². The number of allylic oxidation sites excluding steroid dienone is 1. The van der Waals surface area contributed by atoms with Gasteiger partial charge in [0, 0.05) is 12.3 Å². The van der Waals surface area contributed by atoms with Crippen LogP contribution in [0.3, 0.4) is 0 Å². The Bertz CT molecular complexity index is 819. The van der Waals surface area contributed by atoms with Gasteiger partial charge in [-0.15, -0.1) is 6.58 Å². The number of hydrogen-bond donors (Lipinski definition) is 3. The van der Waals surface area contributed by atoms with Gasteiger partial charge < -0.3 is 20.2 Å². The van der Waals surface area contributed by atoms with Gasteiger partial charge in [-0.25, -0.2) is 9.97 Å². The average molecular weight is 427 g/mol. The molecule has 1 heterocycles. The molecule has 0 saturated carbocycles. The number of hydrogen-bond acceptors (Lipinski definition) is 8. The maximum absolute atomic E-state index is 7.66. The van der Waals surface area contributed by atoms with E-state index >= 15 is 0 Å². The summed E-state index contributed by atoms with van der Waals surface area (Å²) in [6, 6.07) is 7.45. The number of nitrogens with one attached hydrogen (secondary N) is 3. The van der Waals surface area contributed by atoms with Gasteiger partial charge in [-0.1, -0.05) is 19.9 Å². The van der Waals surface area contributed by atoms with Crippen LogP contribution in [0.15, 0.2) is 60.7 Å². The Morgan fingerprint density at radius 2 is 1.74 bits per heavy atom. The van der Waals surface area contributed by atoms with Gasteiger partial charge in [0.1, 0.15) is 17.9 Å². The summed E-state index contributed by atoms with van der Waals surface area (Å²) in [5, 5.41) is 15.0. The van der Waals surface area contributed by atoms with Crippen molar-refractivity contribution in [2.75, 3.05) is 25.0 Å². The van der Waals surface area contributed by atoms with Crippen molar-refractivity contribution in [1.29, 1.82) is 5.41 Å². The normalized spacial score (nSPS) is 10.8. The molecule has 168 valence electrons. The molecule has 3 N–H and O–H groups in total. The third-order valence-corrected chi connectivity index (χ3v) is 3.40. The Kier molecular flexibility index (Phi) is 15.2. The van der Waals surface area contributed by atoms with Gasteiger partial charge in [0.2, 0.25) is 0 Å². The van der Waals surface area contributed by atoms with E-state index in [0.717, 1.165) is 11.3 Å². The molecule has 0 spiro atoms. The lowest BCUT2D eigenvalue weighted by atomic mass is 10.2. The third kappa shape index (κ3) is 10.6. The topological polar surface area (TPSA) is 105 Å². The molecule has 0 radical (unpaired) electrons. The molecule has 8 nitrogen and oxygen atoms in total. The van der Waals surface area contributed by atoms with Crippen molar-refractivity contribution in [2.45, 2.75) is 33.7 Å². The summed E-state index contributed by atoms with van der Waals surface area (Å²) in [6.45, 7) is 11.2. The largest absolute Gasteiger partial charge is 0.505 e. The van der Waals surface area contributed by atoms with Crippen molar-refractivity contribution in [1.82, 2.24) is 9.97 Å². The predicted octanol–water partition coefficient (Wildman–Crippen LogP) is 5.11. The van der Waals surface area contributed by atoms with E-state index in [-0.39, 0.29) is 6.04 Å². The van der Waals surface area contributed by atoms with E-state index < -0.39 is 0 Å². The van der Waals surface area contributed by atoms with Crippen LogP contribution in [0.25, 0.3) is 0 Å². The molecule has 1 unspecified atom stereocenters. The maximum atomic E-state index is 7.66. The SMILES string of the molecule is C=CC.CC.CO/C=C/C(C)Nc1ncnc(N/N=C/c2ccc(OC)cc2)c1C=N. The Hall–Kier alpha value is -3.68. The highest BCUT2D eigenvalue weighted by Gasteiger charge is 2.10. The summed E-state index contributed by atoms with van der Waals surface area (Å²) >= 11 is 0. The van der Waals surface area contributed by atoms with E-state index in [9.17, 15) is 0 Å². The van der Waals surface area contributed by atoms with Crippen LogP contribution in [0.4, 0.5) is 11.6 Å². The van der Waals surface area contributed by atoms with Crippen LogP contribution in [0.2, 0.25) is 0 Å². The first-order chi connectivity index (χ1) is 15.1. The second-order valence-corrected chi connectivity index (χ2v) is 5.68. The summed E-state index contributed by atoms with van der Waals surface area (Å²) in [5.41, 5.74) is 4.27. The fourth-order valence-electron chi connectivity index (χ4n) is 2.05. The van der Waals surface area contributed by atoms with Crippen LogP contribution >= 0.6 is 0 Å². The molecule has 1 aromatic carbocycles.